The summed E-state index contributed by atoms with van der Waals surface area (Å²) in [5, 5.41) is 3.29. The summed E-state index contributed by atoms with van der Waals surface area (Å²) >= 11 is 0. The van der Waals surface area contributed by atoms with Crippen molar-refractivity contribution in [3.63, 3.8) is 0 Å². The number of nitrogens with one attached hydrogen (secondary N) is 1. The number of anilines is 2. The fourth-order valence-electron chi connectivity index (χ4n) is 2.76. The molecule has 0 aromatic carbocycles. The summed E-state index contributed by atoms with van der Waals surface area (Å²) in [6.45, 7) is 5.17. The van der Waals surface area contributed by atoms with Crippen molar-refractivity contribution in [1.29, 1.82) is 0 Å². The van der Waals surface area contributed by atoms with Crippen molar-refractivity contribution in [2.75, 3.05) is 16.8 Å². The van der Waals surface area contributed by atoms with Gasteiger partial charge in [0.05, 0.1) is 18.8 Å². The standard InChI is InChI=1S/C17H19N7/c1-13-8-20-17(21-9-13)24-7-6-23-11-14(22-16(23)12-24)10-19-15-4-2-3-5-18-15/h2-5,8-9,11H,6-7,10,12H2,1H3,(H,18,19). The monoisotopic (exact) mass is 321 g/mol. The van der Waals surface area contributed by atoms with Crippen molar-refractivity contribution in [2.45, 2.75) is 26.6 Å². The van der Waals surface area contributed by atoms with Crippen LogP contribution in [0.1, 0.15) is 17.1 Å². The first-order valence-corrected chi connectivity index (χ1v) is 8.01. The highest BCUT2D eigenvalue weighted by atomic mass is 15.3. The molecule has 0 amide bonds. The molecule has 0 bridgehead atoms. The van der Waals surface area contributed by atoms with E-state index in [1.165, 1.54) is 0 Å². The van der Waals surface area contributed by atoms with Crippen molar-refractivity contribution in [3.05, 3.63) is 60.1 Å². The quantitative estimate of drug-likeness (QED) is 0.792. The fourth-order valence-corrected chi connectivity index (χ4v) is 2.76. The number of imidazole rings is 1. The second-order valence-corrected chi connectivity index (χ2v) is 5.89. The van der Waals surface area contributed by atoms with Gasteiger partial charge in [0.1, 0.15) is 11.6 Å². The van der Waals surface area contributed by atoms with Gasteiger partial charge in [0.25, 0.3) is 0 Å². The molecule has 3 aromatic rings. The van der Waals surface area contributed by atoms with Crippen LogP contribution in [0.5, 0.6) is 0 Å². The lowest BCUT2D eigenvalue weighted by Gasteiger charge is -2.27. The Morgan fingerprint density at radius 2 is 2.00 bits per heavy atom. The van der Waals surface area contributed by atoms with Gasteiger partial charge < -0.3 is 14.8 Å². The van der Waals surface area contributed by atoms with Crippen LogP contribution >= 0.6 is 0 Å². The Bertz CT molecular complexity index is 811. The van der Waals surface area contributed by atoms with Gasteiger partial charge in [-0.25, -0.2) is 19.9 Å². The molecular weight excluding hydrogens is 302 g/mol. The first-order valence-electron chi connectivity index (χ1n) is 8.01. The molecule has 7 nitrogen and oxygen atoms in total. The molecule has 0 unspecified atom stereocenters. The van der Waals surface area contributed by atoms with E-state index in [0.717, 1.165) is 48.5 Å². The minimum atomic E-state index is 0.665. The molecule has 4 rings (SSSR count). The maximum atomic E-state index is 4.73. The van der Waals surface area contributed by atoms with E-state index in [9.17, 15) is 0 Å². The van der Waals surface area contributed by atoms with E-state index in [-0.39, 0.29) is 0 Å². The average Bonchev–Trinajstić information content (AvgIpc) is 3.03. The van der Waals surface area contributed by atoms with E-state index in [1.807, 2.05) is 37.5 Å². The summed E-state index contributed by atoms with van der Waals surface area (Å²) in [5.41, 5.74) is 2.09. The topological polar surface area (TPSA) is 71.8 Å². The van der Waals surface area contributed by atoms with Gasteiger partial charge in [0.15, 0.2) is 0 Å². The molecule has 0 radical (unpaired) electrons. The first kappa shape index (κ1) is 14.6. The van der Waals surface area contributed by atoms with Gasteiger partial charge in [0.2, 0.25) is 5.95 Å². The molecule has 24 heavy (non-hydrogen) atoms. The third kappa shape index (κ3) is 3.05. The Hall–Kier alpha value is -2.96. The molecule has 122 valence electrons. The van der Waals surface area contributed by atoms with Crippen LogP contribution in [0.25, 0.3) is 0 Å². The van der Waals surface area contributed by atoms with E-state index >= 15 is 0 Å². The summed E-state index contributed by atoms with van der Waals surface area (Å²) in [5.74, 6) is 2.67. The largest absolute Gasteiger partial charge is 0.364 e. The highest BCUT2D eigenvalue weighted by molar-refractivity contribution is 5.34. The van der Waals surface area contributed by atoms with Crippen LogP contribution in [0.3, 0.4) is 0 Å². The number of pyridine rings is 1. The Kier molecular flexibility index (Phi) is 3.82. The van der Waals surface area contributed by atoms with Crippen LogP contribution in [-0.4, -0.2) is 31.0 Å². The minimum Gasteiger partial charge on any atom is -0.364 e. The van der Waals surface area contributed by atoms with E-state index in [1.54, 1.807) is 6.20 Å². The van der Waals surface area contributed by atoms with Gasteiger partial charge in [-0.1, -0.05) is 6.07 Å². The molecule has 0 spiro atoms. The lowest BCUT2D eigenvalue weighted by Crippen LogP contribution is -2.34. The summed E-state index contributed by atoms with van der Waals surface area (Å²) in [4.78, 5) is 20.0. The third-order valence-electron chi connectivity index (χ3n) is 4.02. The van der Waals surface area contributed by atoms with Gasteiger partial charge in [-0.05, 0) is 24.6 Å². The van der Waals surface area contributed by atoms with E-state index in [4.69, 9.17) is 4.98 Å². The molecule has 0 saturated heterocycles. The van der Waals surface area contributed by atoms with Gasteiger partial charge in [0, 0.05) is 37.9 Å². The number of nitrogens with zero attached hydrogens (tertiary/aromatic N) is 6. The van der Waals surface area contributed by atoms with Crippen molar-refractivity contribution in [2.24, 2.45) is 0 Å². The van der Waals surface area contributed by atoms with Crippen LogP contribution in [0.4, 0.5) is 11.8 Å². The first-order chi connectivity index (χ1) is 11.8. The Balaban J connectivity index is 1.45. The van der Waals surface area contributed by atoms with Gasteiger partial charge >= 0.3 is 0 Å². The number of hydrogen-bond acceptors (Lipinski definition) is 6. The molecule has 0 aliphatic carbocycles. The van der Waals surface area contributed by atoms with Crippen LogP contribution < -0.4 is 10.2 Å². The average molecular weight is 321 g/mol. The van der Waals surface area contributed by atoms with Gasteiger partial charge in [-0.3, -0.25) is 0 Å². The molecule has 1 aliphatic rings. The number of aromatic nitrogens is 5. The van der Waals surface area contributed by atoms with Crippen molar-refractivity contribution >= 4 is 11.8 Å². The van der Waals surface area contributed by atoms with Crippen LogP contribution in [0.2, 0.25) is 0 Å². The number of fused-ring (bicyclic) bond motifs is 1. The van der Waals surface area contributed by atoms with E-state index < -0.39 is 0 Å². The zero-order chi connectivity index (χ0) is 16.4. The van der Waals surface area contributed by atoms with Gasteiger partial charge in [-0.2, -0.15) is 0 Å². The highest BCUT2D eigenvalue weighted by Crippen LogP contribution is 2.17. The van der Waals surface area contributed by atoms with Crippen molar-refractivity contribution < 1.29 is 0 Å². The molecule has 1 aliphatic heterocycles. The second kappa shape index (κ2) is 6.27. The van der Waals surface area contributed by atoms with Crippen LogP contribution in [-0.2, 0) is 19.6 Å². The van der Waals surface area contributed by atoms with E-state index in [2.05, 4.69) is 35.9 Å². The van der Waals surface area contributed by atoms with Gasteiger partial charge in [-0.15, -0.1) is 0 Å². The number of hydrogen-bond donors (Lipinski definition) is 1. The maximum absolute atomic E-state index is 4.73. The lowest BCUT2D eigenvalue weighted by molar-refractivity contribution is 0.551. The molecule has 7 heteroatoms. The predicted octanol–water partition coefficient (Wildman–Crippen LogP) is 2.01. The lowest BCUT2D eigenvalue weighted by atomic mass is 10.3. The van der Waals surface area contributed by atoms with E-state index in [0.29, 0.717) is 6.54 Å². The Morgan fingerprint density at radius 1 is 1.12 bits per heavy atom. The molecule has 1 N–H and O–H groups in total. The predicted molar refractivity (Wildman–Crippen MR) is 91.6 cm³/mol. The van der Waals surface area contributed by atoms with Crippen molar-refractivity contribution in [3.8, 4) is 0 Å². The smallest absolute Gasteiger partial charge is 0.225 e. The number of rotatable bonds is 4. The third-order valence-corrected chi connectivity index (χ3v) is 4.02. The van der Waals surface area contributed by atoms with Crippen LogP contribution in [0, 0.1) is 6.92 Å². The zero-order valence-corrected chi connectivity index (χ0v) is 13.6. The Labute approximate surface area is 140 Å². The SMILES string of the molecule is Cc1cnc(N2CCn3cc(CNc4ccccn4)nc3C2)nc1. The summed E-state index contributed by atoms with van der Waals surface area (Å²) < 4.78 is 2.21. The summed E-state index contributed by atoms with van der Waals surface area (Å²) in [6, 6.07) is 5.82. The molecule has 3 aromatic heterocycles. The van der Waals surface area contributed by atoms with Crippen molar-refractivity contribution in [1.82, 2.24) is 24.5 Å². The Morgan fingerprint density at radius 3 is 2.79 bits per heavy atom. The molecular formula is C17H19N7. The molecule has 4 heterocycles. The second-order valence-electron chi connectivity index (χ2n) is 5.89. The van der Waals surface area contributed by atoms with Crippen LogP contribution in [0.15, 0.2) is 43.0 Å². The normalized spacial score (nSPS) is 13.6. The highest BCUT2D eigenvalue weighted by Gasteiger charge is 2.20. The molecule has 0 saturated carbocycles. The fraction of sp³-hybridized carbons (Fsp3) is 0.294. The molecule has 0 atom stereocenters. The molecule has 0 fully saturated rings. The minimum absolute atomic E-state index is 0.665. The summed E-state index contributed by atoms with van der Waals surface area (Å²) in [7, 11) is 0. The zero-order valence-electron chi connectivity index (χ0n) is 13.6. The number of aryl methyl sites for hydroxylation is 1. The maximum Gasteiger partial charge on any atom is 0.225 e. The summed E-state index contributed by atoms with van der Waals surface area (Å²) in [6.07, 6.45) is 7.59.